The molecule has 0 N–H and O–H groups in total. The maximum absolute atomic E-state index is 13.3. The summed E-state index contributed by atoms with van der Waals surface area (Å²) in [5.41, 5.74) is 0. The molecule has 1 atom stereocenters. The second-order valence-corrected chi connectivity index (χ2v) is 8.22. The number of hydrogen-bond donors (Lipinski definition) is 0. The number of piperazine rings is 1. The number of sulfonamides is 1. The van der Waals surface area contributed by atoms with E-state index in [9.17, 15) is 22.0 Å². The number of carbonyl (C=O) groups is 1. The van der Waals surface area contributed by atoms with Gasteiger partial charge in [-0.3, -0.25) is 4.79 Å². The van der Waals surface area contributed by atoms with Crippen molar-refractivity contribution in [3.63, 3.8) is 0 Å². The van der Waals surface area contributed by atoms with E-state index in [1.54, 1.807) is 4.90 Å². The first kappa shape index (κ1) is 18.0. The first-order valence-corrected chi connectivity index (χ1v) is 9.72. The summed E-state index contributed by atoms with van der Waals surface area (Å²) >= 11 is 0. The zero-order valence-corrected chi connectivity index (χ0v) is 14.5. The van der Waals surface area contributed by atoms with Crippen LogP contribution in [-0.2, 0) is 14.8 Å². The van der Waals surface area contributed by atoms with Crippen molar-refractivity contribution >= 4 is 15.9 Å². The van der Waals surface area contributed by atoms with E-state index in [2.05, 4.69) is 6.08 Å². The smallest absolute Gasteiger partial charge is 0.243 e. The Morgan fingerprint density at radius 1 is 1.04 bits per heavy atom. The number of amides is 1. The molecule has 1 fully saturated rings. The number of halogens is 2. The molecule has 1 amide bonds. The van der Waals surface area contributed by atoms with E-state index in [4.69, 9.17) is 0 Å². The Kier molecular flexibility index (Phi) is 5.19. The summed E-state index contributed by atoms with van der Waals surface area (Å²) in [4.78, 5) is 13.9. The summed E-state index contributed by atoms with van der Waals surface area (Å²) in [5, 5.41) is 0. The van der Waals surface area contributed by atoms with Crippen molar-refractivity contribution in [2.24, 2.45) is 5.92 Å². The Hall–Kier alpha value is -1.80. The quantitative estimate of drug-likeness (QED) is 0.766. The summed E-state index contributed by atoms with van der Waals surface area (Å²) in [6, 6.07) is 2.55. The Bertz CT molecular complexity index is 787. The molecule has 5 nitrogen and oxygen atoms in total. The van der Waals surface area contributed by atoms with Crippen molar-refractivity contribution < 1.29 is 22.0 Å². The SMILES string of the molecule is O=C([C@H]1CC=CCC1)N1CCN(S(=O)(=O)c2ccc(F)c(F)c2)CC1. The van der Waals surface area contributed by atoms with E-state index in [0.29, 0.717) is 19.2 Å². The lowest BCUT2D eigenvalue weighted by Gasteiger charge is -2.36. The lowest BCUT2D eigenvalue weighted by molar-refractivity contribution is -0.137. The molecule has 1 aliphatic heterocycles. The van der Waals surface area contributed by atoms with Gasteiger partial charge in [0.25, 0.3) is 0 Å². The summed E-state index contributed by atoms with van der Waals surface area (Å²) in [7, 11) is -3.90. The van der Waals surface area contributed by atoms with Crippen LogP contribution >= 0.6 is 0 Å². The second-order valence-electron chi connectivity index (χ2n) is 6.29. The molecule has 0 aromatic heterocycles. The molecule has 1 saturated heterocycles. The first-order chi connectivity index (χ1) is 11.9. The van der Waals surface area contributed by atoms with E-state index in [1.165, 1.54) is 4.31 Å². The molecule has 1 aromatic rings. The van der Waals surface area contributed by atoms with Crippen molar-refractivity contribution in [2.75, 3.05) is 26.2 Å². The Morgan fingerprint density at radius 3 is 2.36 bits per heavy atom. The summed E-state index contributed by atoms with van der Waals surface area (Å²) in [6.45, 7) is 0.912. The molecule has 25 heavy (non-hydrogen) atoms. The molecule has 2 aliphatic rings. The van der Waals surface area contributed by atoms with Gasteiger partial charge in [0, 0.05) is 32.1 Å². The lowest BCUT2D eigenvalue weighted by Crippen LogP contribution is -2.51. The molecule has 1 aliphatic carbocycles. The highest BCUT2D eigenvalue weighted by Gasteiger charge is 2.32. The van der Waals surface area contributed by atoms with E-state index >= 15 is 0 Å². The van der Waals surface area contributed by atoms with E-state index < -0.39 is 21.7 Å². The van der Waals surface area contributed by atoms with Crippen LogP contribution in [0.5, 0.6) is 0 Å². The third-order valence-corrected chi connectivity index (χ3v) is 6.59. The van der Waals surface area contributed by atoms with E-state index in [0.717, 1.165) is 31.4 Å². The van der Waals surface area contributed by atoms with Crippen LogP contribution in [-0.4, -0.2) is 49.7 Å². The number of rotatable bonds is 3. The van der Waals surface area contributed by atoms with E-state index in [-0.39, 0.29) is 29.8 Å². The van der Waals surface area contributed by atoms with Gasteiger partial charge >= 0.3 is 0 Å². The van der Waals surface area contributed by atoms with Gasteiger partial charge < -0.3 is 4.90 Å². The Labute approximate surface area is 146 Å². The summed E-state index contributed by atoms with van der Waals surface area (Å²) in [6.07, 6.45) is 6.52. The highest BCUT2D eigenvalue weighted by Crippen LogP contribution is 2.23. The number of hydrogen-bond acceptors (Lipinski definition) is 3. The molecule has 1 heterocycles. The largest absolute Gasteiger partial charge is 0.340 e. The third-order valence-electron chi connectivity index (χ3n) is 4.70. The molecule has 0 saturated carbocycles. The fourth-order valence-electron chi connectivity index (χ4n) is 3.21. The van der Waals surface area contributed by atoms with Gasteiger partial charge in [-0.2, -0.15) is 4.31 Å². The van der Waals surface area contributed by atoms with Gasteiger partial charge in [0.15, 0.2) is 11.6 Å². The van der Waals surface area contributed by atoms with Gasteiger partial charge in [-0.05, 0) is 37.5 Å². The maximum atomic E-state index is 13.3. The predicted molar refractivity (Wildman–Crippen MR) is 88.2 cm³/mol. The zero-order valence-electron chi connectivity index (χ0n) is 13.7. The maximum Gasteiger partial charge on any atom is 0.243 e. The Morgan fingerprint density at radius 2 is 1.76 bits per heavy atom. The van der Waals surface area contributed by atoms with Crippen molar-refractivity contribution in [3.05, 3.63) is 42.0 Å². The molecule has 0 spiro atoms. The molecule has 0 radical (unpaired) electrons. The lowest BCUT2D eigenvalue weighted by atomic mass is 9.93. The van der Waals surface area contributed by atoms with Gasteiger partial charge in [0.05, 0.1) is 4.90 Å². The molecule has 1 aromatic carbocycles. The van der Waals surface area contributed by atoms with Crippen molar-refractivity contribution in [1.29, 1.82) is 0 Å². The summed E-state index contributed by atoms with van der Waals surface area (Å²) in [5.74, 6) is -2.25. The normalized spacial score (nSPS) is 22.2. The number of nitrogens with zero attached hydrogens (tertiary/aromatic N) is 2. The van der Waals surface area contributed by atoms with Crippen molar-refractivity contribution in [1.82, 2.24) is 9.21 Å². The first-order valence-electron chi connectivity index (χ1n) is 8.28. The second kappa shape index (κ2) is 7.21. The minimum Gasteiger partial charge on any atom is -0.340 e. The number of benzene rings is 1. The minimum absolute atomic E-state index is 0.0284. The molecular weight excluding hydrogens is 350 g/mol. The predicted octanol–water partition coefficient (Wildman–Crippen LogP) is 2.15. The van der Waals surface area contributed by atoms with Crippen LogP contribution < -0.4 is 0 Å². The third kappa shape index (κ3) is 3.74. The van der Waals surface area contributed by atoms with Crippen LogP contribution in [0, 0.1) is 17.6 Å². The standard InChI is InChI=1S/C17H20F2N2O3S/c18-15-7-6-14(12-16(15)19)25(23,24)21-10-8-20(9-11-21)17(22)13-4-2-1-3-5-13/h1-2,6-7,12-13H,3-5,8-11H2/t13-/m0/s1. The monoisotopic (exact) mass is 370 g/mol. The van der Waals surface area contributed by atoms with Crippen LogP contribution in [0.15, 0.2) is 35.2 Å². The van der Waals surface area contributed by atoms with Crippen LogP contribution in [0.1, 0.15) is 19.3 Å². The van der Waals surface area contributed by atoms with Crippen LogP contribution in [0.25, 0.3) is 0 Å². The van der Waals surface area contributed by atoms with E-state index in [1.807, 2.05) is 6.08 Å². The zero-order chi connectivity index (χ0) is 18.0. The highest BCUT2D eigenvalue weighted by molar-refractivity contribution is 7.89. The number of carbonyl (C=O) groups excluding carboxylic acids is 1. The number of allylic oxidation sites excluding steroid dienone is 2. The highest BCUT2D eigenvalue weighted by atomic mass is 32.2. The average Bonchev–Trinajstić information content (AvgIpc) is 2.64. The van der Waals surface area contributed by atoms with Crippen molar-refractivity contribution in [2.45, 2.75) is 24.2 Å². The molecule has 8 heteroatoms. The van der Waals surface area contributed by atoms with Gasteiger partial charge in [-0.25, -0.2) is 17.2 Å². The fourth-order valence-corrected chi connectivity index (χ4v) is 4.65. The van der Waals surface area contributed by atoms with Gasteiger partial charge in [-0.15, -0.1) is 0 Å². The van der Waals surface area contributed by atoms with Gasteiger partial charge in [0.1, 0.15) is 0 Å². The van der Waals surface area contributed by atoms with Crippen molar-refractivity contribution in [3.8, 4) is 0 Å². The minimum atomic E-state index is -3.90. The van der Waals surface area contributed by atoms with Gasteiger partial charge in [-0.1, -0.05) is 12.2 Å². The van der Waals surface area contributed by atoms with Gasteiger partial charge in [0.2, 0.25) is 15.9 Å². The molecular formula is C17H20F2N2O3S. The molecule has 0 unspecified atom stereocenters. The van der Waals surface area contributed by atoms with Crippen LogP contribution in [0.2, 0.25) is 0 Å². The van der Waals surface area contributed by atoms with Crippen LogP contribution in [0.3, 0.4) is 0 Å². The molecule has 136 valence electrons. The fraction of sp³-hybridized carbons (Fsp3) is 0.471. The average molecular weight is 370 g/mol. The summed E-state index contributed by atoms with van der Waals surface area (Å²) < 4.78 is 52.7. The topological polar surface area (TPSA) is 57.7 Å². The van der Waals surface area contributed by atoms with Crippen LogP contribution in [0.4, 0.5) is 8.78 Å². The Balaban J connectivity index is 1.65. The molecule has 0 bridgehead atoms. The molecule has 3 rings (SSSR count).